The van der Waals surface area contributed by atoms with Crippen LogP contribution in [0.4, 0.5) is 5.69 Å². The van der Waals surface area contributed by atoms with Crippen molar-refractivity contribution >= 4 is 11.6 Å². The summed E-state index contributed by atoms with van der Waals surface area (Å²) in [6, 6.07) is 7.47. The topological polar surface area (TPSA) is 55.8 Å². The molecule has 1 aromatic rings. The minimum absolute atomic E-state index is 0.230. The third kappa shape index (κ3) is 4.36. The number of benzene rings is 1. The lowest BCUT2D eigenvalue weighted by atomic mass is 10.2. The van der Waals surface area contributed by atoms with Crippen LogP contribution in [0, 0.1) is 0 Å². The van der Waals surface area contributed by atoms with Gasteiger partial charge in [0, 0.05) is 44.3 Å². The molecule has 0 aliphatic carbocycles. The third-order valence-electron chi connectivity index (χ3n) is 3.88. The molecule has 1 fully saturated rings. The quantitative estimate of drug-likeness (QED) is 0.862. The van der Waals surface area contributed by atoms with Crippen LogP contribution < -0.4 is 10.2 Å². The van der Waals surface area contributed by atoms with Crippen molar-refractivity contribution in [3.63, 3.8) is 0 Å². The van der Waals surface area contributed by atoms with Gasteiger partial charge in [0.05, 0.1) is 0 Å². The first-order chi connectivity index (χ1) is 10.1. The van der Waals surface area contributed by atoms with Crippen LogP contribution in [0.2, 0.25) is 0 Å². The van der Waals surface area contributed by atoms with E-state index in [4.69, 9.17) is 0 Å². The number of hydrogen-bond donors (Lipinski definition) is 2. The molecule has 1 aliphatic rings. The predicted molar refractivity (Wildman–Crippen MR) is 84.7 cm³/mol. The van der Waals surface area contributed by atoms with E-state index in [2.05, 4.69) is 17.1 Å². The molecule has 1 aliphatic heterocycles. The minimum atomic E-state index is 0.230. The first-order valence-corrected chi connectivity index (χ1v) is 7.65. The molecule has 2 N–H and O–H groups in total. The number of carbonyl (C=O) groups is 1. The van der Waals surface area contributed by atoms with Gasteiger partial charge in [-0.25, -0.2) is 0 Å². The molecule has 0 saturated carbocycles. The van der Waals surface area contributed by atoms with Crippen molar-refractivity contribution in [1.82, 2.24) is 10.2 Å². The average molecular weight is 291 g/mol. The van der Waals surface area contributed by atoms with Crippen LogP contribution in [-0.2, 0) is 4.79 Å². The van der Waals surface area contributed by atoms with E-state index < -0.39 is 0 Å². The molecule has 1 heterocycles. The second kappa shape index (κ2) is 7.31. The summed E-state index contributed by atoms with van der Waals surface area (Å²) >= 11 is 0. The zero-order chi connectivity index (χ0) is 15.2. The molecule has 1 unspecified atom stereocenters. The fourth-order valence-corrected chi connectivity index (χ4v) is 2.69. The van der Waals surface area contributed by atoms with E-state index >= 15 is 0 Å². The molecule has 5 heteroatoms. The molecule has 0 spiro atoms. The lowest BCUT2D eigenvalue weighted by molar-refractivity contribution is -0.131. The Bertz CT molecular complexity index is 453. The monoisotopic (exact) mass is 291 g/mol. The number of piperazine rings is 1. The van der Waals surface area contributed by atoms with Gasteiger partial charge >= 0.3 is 0 Å². The molecule has 2 rings (SSSR count). The zero-order valence-electron chi connectivity index (χ0n) is 12.9. The van der Waals surface area contributed by atoms with Crippen LogP contribution in [0.15, 0.2) is 24.3 Å². The molecule has 1 amide bonds. The molecule has 116 valence electrons. The van der Waals surface area contributed by atoms with Crippen molar-refractivity contribution in [2.45, 2.75) is 26.3 Å². The number of hydrogen-bond acceptors (Lipinski definition) is 4. The number of phenols is 1. The summed E-state index contributed by atoms with van der Waals surface area (Å²) in [7, 11) is 0. The van der Waals surface area contributed by atoms with Gasteiger partial charge in [0.1, 0.15) is 5.75 Å². The Morgan fingerprint density at radius 1 is 1.24 bits per heavy atom. The summed E-state index contributed by atoms with van der Waals surface area (Å²) in [4.78, 5) is 16.4. The highest BCUT2D eigenvalue weighted by Gasteiger charge is 2.22. The fourth-order valence-electron chi connectivity index (χ4n) is 2.69. The average Bonchev–Trinajstić information content (AvgIpc) is 2.48. The van der Waals surface area contributed by atoms with Crippen LogP contribution in [0.3, 0.4) is 0 Å². The summed E-state index contributed by atoms with van der Waals surface area (Å²) in [6.07, 6.45) is 0.563. The number of anilines is 1. The van der Waals surface area contributed by atoms with Crippen molar-refractivity contribution in [2.75, 3.05) is 37.6 Å². The maximum absolute atomic E-state index is 12.2. The van der Waals surface area contributed by atoms with E-state index in [9.17, 15) is 9.90 Å². The highest BCUT2D eigenvalue weighted by Crippen LogP contribution is 2.20. The Morgan fingerprint density at radius 3 is 2.43 bits per heavy atom. The molecule has 0 bridgehead atoms. The van der Waals surface area contributed by atoms with Crippen molar-refractivity contribution in [2.24, 2.45) is 0 Å². The first kappa shape index (κ1) is 15.6. The van der Waals surface area contributed by atoms with E-state index in [0.717, 1.165) is 38.4 Å². The Hall–Kier alpha value is -1.75. The summed E-state index contributed by atoms with van der Waals surface area (Å²) in [5, 5.41) is 12.6. The number of phenolic OH excluding ortho intramolecular Hbond substituents is 1. The normalized spacial score (nSPS) is 16.9. The SMILES string of the molecule is CCNC(C)CC(=O)N1CCN(c2ccc(O)cc2)CC1. The Balaban J connectivity index is 1.82. The van der Waals surface area contributed by atoms with Crippen molar-refractivity contribution in [1.29, 1.82) is 0 Å². The maximum atomic E-state index is 12.2. The summed E-state index contributed by atoms with van der Waals surface area (Å²) in [5.41, 5.74) is 1.10. The molecular formula is C16H25N3O2. The van der Waals surface area contributed by atoms with E-state index in [0.29, 0.717) is 6.42 Å². The largest absolute Gasteiger partial charge is 0.508 e. The van der Waals surface area contributed by atoms with Crippen LogP contribution in [0.25, 0.3) is 0 Å². The summed E-state index contributed by atoms with van der Waals surface area (Å²) in [5.74, 6) is 0.513. The van der Waals surface area contributed by atoms with Crippen LogP contribution in [-0.4, -0.2) is 54.7 Å². The maximum Gasteiger partial charge on any atom is 0.224 e. The molecule has 5 nitrogen and oxygen atoms in total. The van der Waals surface area contributed by atoms with Crippen molar-refractivity contribution < 1.29 is 9.90 Å². The number of rotatable bonds is 5. The van der Waals surface area contributed by atoms with Gasteiger partial charge < -0.3 is 20.2 Å². The number of nitrogens with one attached hydrogen (secondary N) is 1. The third-order valence-corrected chi connectivity index (χ3v) is 3.88. The Morgan fingerprint density at radius 2 is 1.86 bits per heavy atom. The molecule has 1 saturated heterocycles. The molecule has 0 radical (unpaired) electrons. The first-order valence-electron chi connectivity index (χ1n) is 7.65. The van der Waals surface area contributed by atoms with Gasteiger partial charge in [0.25, 0.3) is 0 Å². The summed E-state index contributed by atoms with van der Waals surface area (Å²) < 4.78 is 0. The molecule has 1 aromatic carbocycles. The van der Waals surface area contributed by atoms with Gasteiger partial charge in [-0.05, 0) is 37.7 Å². The van der Waals surface area contributed by atoms with Gasteiger partial charge in [0.15, 0.2) is 0 Å². The van der Waals surface area contributed by atoms with Crippen LogP contribution in [0.1, 0.15) is 20.3 Å². The standard InChI is InChI=1S/C16H25N3O2/c1-3-17-13(2)12-16(21)19-10-8-18(9-11-19)14-4-6-15(20)7-5-14/h4-7,13,17,20H,3,8-12H2,1-2H3. The number of aromatic hydroxyl groups is 1. The van der Waals surface area contributed by atoms with E-state index in [1.807, 2.05) is 24.0 Å². The molecule has 0 aromatic heterocycles. The van der Waals surface area contributed by atoms with Gasteiger partial charge in [-0.1, -0.05) is 6.92 Å². The smallest absolute Gasteiger partial charge is 0.224 e. The second-order valence-corrected chi connectivity index (χ2v) is 5.55. The molecular weight excluding hydrogens is 266 g/mol. The van der Waals surface area contributed by atoms with Gasteiger partial charge in [-0.2, -0.15) is 0 Å². The number of nitrogens with zero attached hydrogens (tertiary/aromatic N) is 2. The zero-order valence-corrected chi connectivity index (χ0v) is 12.9. The lowest BCUT2D eigenvalue weighted by Gasteiger charge is -2.36. The lowest BCUT2D eigenvalue weighted by Crippen LogP contribution is -2.49. The minimum Gasteiger partial charge on any atom is -0.508 e. The van der Waals surface area contributed by atoms with Crippen LogP contribution >= 0.6 is 0 Å². The Labute approximate surface area is 126 Å². The van der Waals surface area contributed by atoms with Gasteiger partial charge in [-0.3, -0.25) is 4.79 Å². The molecule has 1 atom stereocenters. The number of carbonyl (C=O) groups excluding carboxylic acids is 1. The van der Waals surface area contributed by atoms with E-state index in [-0.39, 0.29) is 17.7 Å². The van der Waals surface area contributed by atoms with Gasteiger partial charge in [0.2, 0.25) is 5.91 Å². The second-order valence-electron chi connectivity index (χ2n) is 5.55. The predicted octanol–water partition coefficient (Wildman–Crippen LogP) is 1.43. The highest BCUT2D eigenvalue weighted by atomic mass is 16.3. The fraction of sp³-hybridized carbons (Fsp3) is 0.562. The molecule has 21 heavy (non-hydrogen) atoms. The highest BCUT2D eigenvalue weighted by molar-refractivity contribution is 5.77. The Kier molecular flexibility index (Phi) is 5.44. The van der Waals surface area contributed by atoms with Crippen molar-refractivity contribution in [3.05, 3.63) is 24.3 Å². The number of amides is 1. The van der Waals surface area contributed by atoms with Crippen molar-refractivity contribution in [3.8, 4) is 5.75 Å². The van der Waals surface area contributed by atoms with Crippen LogP contribution in [0.5, 0.6) is 5.75 Å². The van der Waals surface area contributed by atoms with E-state index in [1.165, 1.54) is 0 Å². The summed E-state index contributed by atoms with van der Waals surface area (Å²) in [6.45, 7) is 8.20. The van der Waals surface area contributed by atoms with Gasteiger partial charge in [-0.15, -0.1) is 0 Å². The van der Waals surface area contributed by atoms with E-state index in [1.54, 1.807) is 12.1 Å².